The molecule has 0 fully saturated rings. The molecule has 0 aromatic carbocycles. The van der Waals surface area contributed by atoms with Crippen molar-refractivity contribution in [1.82, 2.24) is 9.97 Å². The van der Waals surface area contributed by atoms with Gasteiger partial charge in [-0.1, -0.05) is 0 Å². The van der Waals surface area contributed by atoms with E-state index in [1.165, 1.54) is 0 Å². The number of nitrogens with zero attached hydrogens (tertiary/aromatic N) is 2. The van der Waals surface area contributed by atoms with Gasteiger partial charge in [-0.25, -0.2) is 4.98 Å². The highest BCUT2D eigenvalue weighted by Gasteiger charge is 2.11. The zero-order valence-electron chi connectivity index (χ0n) is 9.77. The number of hydrogen-bond donors (Lipinski definition) is 1. The third-order valence-electron chi connectivity index (χ3n) is 2.62. The maximum atomic E-state index is 11.1. The molecule has 17 heavy (non-hydrogen) atoms. The van der Waals surface area contributed by atoms with Crippen LogP contribution in [0.3, 0.4) is 0 Å². The third-order valence-corrected chi connectivity index (χ3v) is 2.62. The van der Waals surface area contributed by atoms with Crippen LogP contribution in [0, 0.1) is 13.8 Å². The maximum absolute atomic E-state index is 11.1. The highest BCUT2D eigenvalue weighted by Crippen LogP contribution is 2.25. The summed E-state index contributed by atoms with van der Waals surface area (Å²) in [6.07, 6.45) is 3.46. The number of nitrogens with two attached hydrogens (primary N) is 1. The predicted octanol–water partition coefficient (Wildman–Crippen LogP) is 1.86. The SMILES string of the molecule is Cc1cc(C(N)=O)nc(C)c1-c1ccncc1. The number of hydrogen-bond acceptors (Lipinski definition) is 3. The van der Waals surface area contributed by atoms with Crippen LogP contribution in [0.4, 0.5) is 0 Å². The molecule has 0 aliphatic carbocycles. The maximum Gasteiger partial charge on any atom is 0.267 e. The molecule has 2 aromatic rings. The molecule has 0 saturated heterocycles. The van der Waals surface area contributed by atoms with E-state index in [4.69, 9.17) is 5.73 Å². The first kappa shape index (κ1) is 11.3. The Bertz CT molecular complexity index is 541. The Morgan fingerprint density at radius 3 is 2.41 bits per heavy atom. The Labute approximate surface area is 99.5 Å². The highest BCUT2D eigenvalue weighted by molar-refractivity contribution is 5.91. The van der Waals surface area contributed by atoms with Crippen molar-refractivity contribution in [2.75, 3.05) is 0 Å². The fraction of sp³-hybridized carbons (Fsp3) is 0.154. The number of carbonyl (C=O) groups is 1. The average molecular weight is 227 g/mol. The lowest BCUT2D eigenvalue weighted by Crippen LogP contribution is -2.14. The molecular formula is C13H13N3O. The minimum Gasteiger partial charge on any atom is -0.364 e. The number of amides is 1. The molecule has 4 nitrogen and oxygen atoms in total. The van der Waals surface area contributed by atoms with Gasteiger partial charge in [0, 0.05) is 23.7 Å². The Morgan fingerprint density at radius 2 is 1.88 bits per heavy atom. The number of aryl methyl sites for hydroxylation is 2. The molecule has 2 aromatic heterocycles. The fourth-order valence-electron chi connectivity index (χ4n) is 1.91. The molecule has 0 spiro atoms. The van der Waals surface area contributed by atoms with E-state index >= 15 is 0 Å². The zero-order valence-corrected chi connectivity index (χ0v) is 9.77. The summed E-state index contributed by atoms with van der Waals surface area (Å²) in [5.41, 5.74) is 9.38. The predicted molar refractivity (Wildman–Crippen MR) is 65.5 cm³/mol. The van der Waals surface area contributed by atoms with Crippen LogP contribution < -0.4 is 5.73 Å². The van der Waals surface area contributed by atoms with Crippen LogP contribution in [0.2, 0.25) is 0 Å². The van der Waals surface area contributed by atoms with Crippen molar-refractivity contribution in [2.24, 2.45) is 5.73 Å². The summed E-state index contributed by atoms with van der Waals surface area (Å²) in [6, 6.07) is 5.55. The molecular weight excluding hydrogens is 214 g/mol. The summed E-state index contributed by atoms with van der Waals surface area (Å²) in [7, 11) is 0. The zero-order chi connectivity index (χ0) is 12.4. The second-order valence-corrected chi connectivity index (χ2v) is 3.88. The second kappa shape index (κ2) is 4.33. The molecule has 86 valence electrons. The lowest BCUT2D eigenvalue weighted by molar-refractivity contribution is 0.0995. The fourth-order valence-corrected chi connectivity index (χ4v) is 1.91. The van der Waals surface area contributed by atoms with E-state index in [-0.39, 0.29) is 0 Å². The van der Waals surface area contributed by atoms with Gasteiger partial charge >= 0.3 is 0 Å². The molecule has 2 rings (SSSR count). The molecule has 0 bridgehead atoms. The van der Waals surface area contributed by atoms with Gasteiger partial charge in [-0.2, -0.15) is 0 Å². The van der Waals surface area contributed by atoms with Gasteiger partial charge in [-0.15, -0.1) is 0 Å². The lowest BCUT2D eigenvalue weighted by Gasteiger charge is -2.10. The van der Waals surface area contributed by atoms with E-state index in [1.54, 1.807) is 18.5 Å². The highest BCUT2D eigenvalue weighted by atomic mass is 16.1. The number of carbonyl (C=O) groups excluding carboxylic acids is 1. The van der Waals surface area contributed by atoms with Crippen molar-refractivity contribution in [3.63, 3.8) is 0 Å². The van der Waals surface area contributed by atoms with Crippen molar-refractivity contribution in [3.8, 4) is 11.1 Å². The minimum atomic E-state index is -0.502. The van der Waals surface area contributed by atoms with E-state index in [0.29, 0.717) is 5.69 Å². The molecule has 4 heteroatoms. The number of rotatable bonds is 2. The van der Waals surface area contributed by atoms with Gasteiger partial charge in [0.2, 0.25) is 0 Å². The van der Waals surface area contributed by atoms with Crippen LogP contribution in [-0.2, 0) is 0 Å². The first-order valence-corrected chi connectivity index (χ1v) is 5.28. The van der Waals surface area contributed by atoms with E-state index in [9.17, 15) is 4.79 Å². The summed E-state index contributed by atoms with van der Waals surface area (Å²) in [5, 5.41) is 0. The Balaban J connectivity index is 2.61. The van der Waals surface area contributed by atoms with Crippen LogP contribution in [0.25, 0.3) is 11.1 Å². The average Bonchev–Trinajstić information content (AvgIpc) is 2.29. The minimum absolute atomic E-state index is 0.304. The van der Waals surface area contributed by atoms with Gasteiger partial charge < -0.3 is 5.73 Å². The number of aromatic nitrogens is 2. The molecule has 2 heterocycles. The molecule has 0 saturated carbocycles. The molecule has 0 aliphatic heterocycles. The molecule has 0 radical (unpaired) electrons. The van der Waals surface area contributed by atoms with E-state index in [2.05, 4.69) is 9.97 Å². The molecule has 0 atom stereocenters. The van der Waals surface area contributed by atoms with E-state index in [1.807, 2.05) is 26.0 Å². The second-order valence-electron chi connectivity index (χ2n) is 3.88. The number of pyridine rings is 2. The summed E-state index contributed by atoms with van der Waals surface area (Å²) in [4.78, 5) is 19.3. The Kier molecular flexibility index (Phi) is 2.87. The van der Waals surface area contributed by atoms with E-state index in [0.717, 1.165) is 22.4 Å². The summed E-state index contributed by atoms with van der Waals surface area (Å²) < 4.78 is 0. The molecule has 2 N–H and O–H groups in total. The van der Waals surface area contributed by atoms with Crippen LogP contribution in [-0.4, -0.2) is 15.9 Å². The number of primary amides is 1. The quantitative estimate of drug-likeness (QED) is 0.851. The summed E-state index contributed by atoms with van der Waals surface area (Å²) in [5.74, 6) is -0.502. The van der Waals surface area contributed by atoms with Gasteiger partial charge in [0.15, 0.2) is 0 Å². The van der Waals surface area contributed by atoms with Crippen LogP contribution in [0.15, 0.2) is 30.6 Å². The lowest BCUT2D eigenvalue weighted by atomic mass is 9.99. The Morgan fingerprint density at radius 1 is 1.24 bits per heavy atom. The van der Waals surface area contributed by atoms with Gasteiger partial charge in [0.05, 0.1) is 0 Å². The van der Waals surface area contributed by atoms with Crippen LogP contribution in [0.5, 0.6) is 0 Å². The smallest absolute Gasteiger partial charge is 0.267 e. The topological polar surface area (TPSA) is 68.9 Å². The van der Waals surface area contributed by atoms with E-state index < -0.39 is 5.91 Å². The van der Waals surface area contributed by atoms with Crippen molar-refractivity contribution >= 4 is 5.91 Å². The van der Waals surface area contributed by atoms with Crippen molar-refractivity contribution in [1.29, 1.82) is 0 Å². The van der Waals surface area contributed by atoms with Crippen molar-refractivity contribution in [3.05, 3.63) is 47.5 Å². The largest absolute Gasteiger partial charge is 0.364 e. The monoisotopic (exact) mass is 227 g/mol. The van der Waals surface area contributed by atoms with Gasteiger partial charge in [-0.3, -0.25) is 9.78 Å². The normalized spacial score (nSPS) is 10.2. The van der Waals surface area contributed by atoms with Crippen molar-refractivity contribution < 1.29 is 4.79 Å². The van der Waals surface area contributed by atoms with Gasteiger partial charge in [0.25, 0.3) is 5.91 Å². The third kappa shape index (κ3) is 2.15. The standard InChI is InChI=1S/C13H13N3O/c1-8-7-11(13(14)17)16-9(2)12(8)10-3-5-15-6-4-10/h3-7H,1-2H3,(H2,14,17). The summed E-state index contributed by atoms with van der Waals surface area (Å²) >= 11 is 0. The Hall–Kier alpha value is -2.23. The van der Waals surface area contributed by atoms with Gasteiger partial charge in [0.1, 0.15) is 5.69 Å². The van der Waals surface area contributed by atoms with Gasteiger partial charge in [-0.05, 0) is 43.2 Å². The molecule has 0 aliphatic rings. The molecule has 0 unspecified atom stereocenters. The van der Waals surface area contributed by atoms with Crippen LogP contribution in [0.1, 0.15) is 21.7 Å². The van der Waals surface area contributed by atoms with Crippen LogP contribution >= 0.6 is 0 Å². The molecule has 1 amide bonds. The summed E-state index contributed by atoms with van der Waals surface area (Å²) in [6.45, 7) is 3.81. The van der Waals surface area contributed by atoms with Crippen molar-refractivity contribution in [2.45, 2.75) is 13.8 Å². The first-order chi connectivity index (χ1) is 8.09. The first-order valence-electron chi connectivity index (χ1n) is 5.28.